The van der Waals surface area contributed by atoms with Crippen LogP contribution in [0.25, 0.3) is 11.1 Å². The van der Waals surface area contributed by atoms with Crippen LogP contribution in [0.5, 0.6) is 0 Å². The molecular weight excluding hydrogens is 220 g/mol. The van der Waals surface area contributed by atoms with Gasteiger partial charge in [0, 0.05) is 11.0 Å². The Morgan fingerprint density at radius 2 is 1.44 bits per heavy atom. The minimum Gasteiger partial charge on any atom is -0.294 e. The molecule has 2 aromatic carbocycles. The molecule has 0 heterocycles. The van der Waals surface area contributed by atoms with E-state index in [1.165, 1.54) is 5.56 Å². The summed E-state index contributed by atoms with van der Waals surface area (Å²) in [6, 6.07) is 18.2. The summed E-state index contributed by atoms with van der Waals surface area (Å²) < 4.78 is 0. The van der Waals surface area contributed by atoms with Crippen molar-refractivity contribution in [3.05, 3.63) is 60.2 Å². The van der Waals surface area contributed by atoms with Gasteiger partial charge in [-0.15, -0.1) is 0 Å². The summed E-state index contributed by atoms with van der Waals surface area (Å²) in [5.74, 6) is 0.294. The molecule has 0 spiro atoms. The van der Waals surface area contributed by atoms with Crippen molar-refractivity contribution >= 4 is 5.78 Å². The normalized spacial score (nSPS) is 16.3. The highest BCUT2D eigenvalue weighted by molar-refractivity contribution is 6.02. The largest absolute Gasteiger partial charge is 0.294 e. The van der Waals surface area contributed by atoms with Gasteiger partial charge in [-0.1, -0.05) is 61.5 Å². The van der Waals surface area contributed by atoms with Crippen LogP contribution in [-0.2, 0) is 0 Å². The predicted molar refractivity (Wildman–Crippen MR) is 73.5 cm³/mol. The van der Waals surface area contributed by atoms with Crippen LogP contribution in [0.3, 0.4) is 0 Å². The number of benzene rings is 2. The molecule has 0 saturated heterocycles. The third-order valence-electron chi connectivity index (χ3n) is 3.80. The van der Waals surface area contributed by atoms with Crippen LogP contribution in [-0.4, -0.2) is 5.78 Å². The third kappa shape index (κ3) is 1.97. The van der Waals surface area contributed by atoms with Crippen molar-refractivity contribution < 1.29 is 4.79 Å². The van der Waals surface area contributed by atoms with Gasteiger partial charge in [0.2, 0.25) is 0 Å². The molecule has 1 aliphatic carbocycles. The van der Waals surface area contributed by atoms with E-state index in [0.29, 0.717) is 5.78 Å². The molecular formula is C17H16O. The van der Waals surface area contributed by atoms with Gasteiger partial charge in [0.15, 0.2) is 5.78 Å². The van der Waals surface area contributed by atoms with Crippen molar-refractivity contribution in [2.45, 2.75) is 19.8 Å². The molecule has 2 aromatic rings. The Balaban J connectivity index is 1.88. The third-order valence-corrected chi connectivity index (χ3v) is 3.80. The molecule has 0 aliphatic heterocycles. The van der Waals surface area contributed by atoms with Crippen molar-refractivity contribution in [2.24, 2.45) is 5.41 Å². The van der Waals surface area contributed by atoms with Gasteiger partial charge in [-0.05, 0) is 24.0 Å². The van der Waals surface area contributed by atoms with Gasteiger partial charge in [-0.3, -0.25) is 4.79 Å². The fraction of sp³-hybridized carbons (Fsp3) is 0.235. The lowest BCUT2D eigenvalue weighted by Gasteiger charge is -2.08. The Morgan fingerprint density at radius 3 is 2.00 bits per heavy atom. The Kier molecular flexibility index (Phi) is 2.55. The molecule has 1 aliphatic rings. The van der Waals surface area contributed by atoms with E-state index in [4.69, 9.17) is 0 Å². The molecule has 90 valence electrons. The van der Waals surface area contributed by atoms with Gasteiger partial charge in [0.1, 0.15) is 0 Å². The van der Waals surface area contributed by atoms with Crippen molar-refractivity contribution in [3.8, 4) is 11.1 Å². The number of Topliss-reactive ketones (excluding diaryl/α,β-unsaturated/α-hetero) is 1. The quantitative estimate of drug-likeness (QED) is 0.725. The van der Waals surface area contributed by atoms with Gasteiger partial charge in [-0.25, -0.2) is 0 Å². The first kappa shape index (κ1) is 11.2. The number of hydrogen-bond acceptors (Lipinski definition) is 1. The van der Waals surface area contributed by atoms with Crippen molar-refractivity contribution in [2.75, 3.05) is 0 Å². The van der Waals surface area contributed by atoms with E-state index in [-0.39, 0.29) is 5.41 Å². The number of hydrogen-bond donors (Lipinski definition) is 0. The van der Waals surface area contributed by atoms with Crippen molar-refractivity contribution in [1.29, 1.82) is 0 Å². The Hall–Kier alpha value is -1.89. The maximum atomic E-state index is 12.2. The first-order valence-electron chi connectivity index (χ1n) is 6.39. The Labute approximate surface area is 107 Å². The van der Waals surface area contributed by atoms with Crippen LogP contribution in [0.4, 0.5) is 0 Å². The van der Waals surface area contributed by atoms with E-state index in [1.807, 2.05) is 42.5 Å². The van der Waals surface area contributed by atoms with Crippen molar-refractivity contribution in [1.82, 2.24) is 0 Å². The first-order chi connectivity index (χ1) is 8.69. The van der Waals surface area contributed by atoms with Crippen LogP contribution in [0.1, 0.15) is 30.1 Å². The monoisotopic (exact) mass is 236 g/mol. The highest BCUT2D eigenvalue weighted by Crippen LogP contribution is 2.47. The maximum absolute atomic E-state index is 12.2. The predicted octanol–water partition coefficient (Wildman–Crippen LogP) is 4.34. The molecule has 0 bridgehead atoms. The second kappa shape index (κ2) is 4.09. The lowest BCUT2D eigenvalue weighted by atomic mass is 9.95. The zero-order chi connectivity index (χ0) is 12.6. The fourth-order valence-electron chi connectivity index (χ4n) is 2.21. The average Bonchev–Trinajstić information content (AvgIpc) is 3.18. The van der Waals surface area contributed by atoms with Gasteiger partial charge in [-0.2, -0.15) is 0 Å². The molecule has 0 N–H and O–H groups in total. The molecule has 0 unspecified atom stereocenters. The second-order valence-electron chi connectivity index (χ2n) is 5.33. The van der Waals surface area contributed by atoms with E-state index < -0.39 is 0 Å². The molecule has 3 rings (SSSR count). The van der Waals surface area contributed by atoms with E-state index >= 15 is 0 Å². The number of ketones is 1. The van der Waals surface area contributed by atoms with Crippen LogP contribution >= 0.6 is 0 Å². The lowest BCUT2D eigenvalue weighted by molar-refractivity contribution is 0.0912. The summed E-state index contributed by atoms with van der Waals surface area (Å²) in [6.07, 6.45) is 2.07. The zero-order valence-corrected chi connectivity index (χ0v) is 10.5. The van der Waals surface area contributed by atoms with Gasteiger partial charge >= 0.3 is 0 Å². The number of carbonyl (C=O) groups excluding carboxylic acids is 1. The lowest BCUT2D eigenvalue weighted by Crippen LogP contribution is -2.11. The summed E-state index contributed by atoms with van der Waals surface area (Å²) in [5.41, 5.74) is 3.12. The van der Waals surface area contributed by atoms with E-state index in [0.717, 1.165) is 24.0 Å². The summed E-state index contributed by atoms with van der Waals surface area (Å²) in [6.45, 7) is 2.06. The Morgan fingerprint density at radius 1 is 0.889 bits per heavy atom. The standard InChI is InChI=1S/C17H16O/c1-17(11-12-17)16(18)15-9-7-14(8-10-15)13-5-3-2-4-6-13/h2-10H,11-12H2,1H3. The van der Waals surface area contributed by atoms with Crippen LogP contribution < -0.4 is 0 Å². The fourth-order valence-corrected chi connectivity index (χ4v) is 2.21. The molecule has 1 nitrogen and oxygen atoms in total. The molecule has 0 radical (unpaired) electrons. The van der Waals surface area contributed by atoms with E-state index in [2.05, 4.69) is 19.1 Å². The minimum absolute atomic E-state index is 0.0751. The topological polar surface area (TPSA) is 17.1 Å². The van der Waals surface area contributed by atoms with Crippen molar-refractivity contribution in [3.63, 3.8) is 0 Å². The van der Waals surface area contributed by atoms with Gasteiger partial charge in [0.25, 0.3) is 0 Å². The van der Waals surface area contributed by atoms with E-state index in [9.17, 15) is 4.79 Å². The summed E-state index contributed by atoms with van der Waals surface area (Å²) in [5, 5.41) is 0. The summed E-state index contributed by atoms with van der Waals surface area (Å²) in [4.78, 5) is 12.2. The molecule has 1 fully saturated rings. The highest BCUT2D eigenvalue weighted by atomic mass is 16.1. The first-order valence-corrected chi connectivity index (χ1v) is 6.39. The smallest absolute Gasteiger partial charge is 0.168 e. The average molecular weight is 236 g/mol. The Bertz CT molecular complexity index is 562. The maximum Gasteiger partial charge on any atom is 0.168 e. The number of rotatable bonds is 3. The molecule has 1 heteroatoms. The van der Waals surface area contributed by atoms with Crippen LogP contribution in [0.15, 0.2) is 54.6 Å². The SMILES string of the molecule is CC1(C(=O)c2ccc(-c3ccccc3)cc2)CC1. The molecule has 0 atom stereocenters. The number of carbonyl (C=O) groups is 1. The van der Waals surface area contributed by atoms with Crippen LogP contribution in [0, 0.1) is 5.41 Å². The molecule has 0 aromatic heterocycles. The van der Waals surface area contributed by atoms with E-state index in [1.54, 1.807) is 0 Å². The van der Waals surface area contributed by atoms with Gasteiger partial charge < -0.3 is 0 Å². The van der Waals surface area contributed by atoms with Gasteiger partial charge in [0.05, 0.1) is 0 Å². The highest BCUT2D eigenvalue weighted by Gasteiger charge is 2.44. The molecule has 18 heavy (non-hydrogen) atoms. The second-order valence-corrected chi connectivity index (χ2v) is 5.33. The molecule has 1 saturated carbocycles. The minimum atomic E-state index is -0.0751. The molecule has 0 amide bonds. The van der Waals surface area contributed by atoms with Crippen LogP contribution in [0.2, 0.25) is 0 Å². The zero-order valence-electron chi connectivity index (χ0n) is 10.5. The summed E-state index contributed by atoms with van der Waals surface area (Å²) >= 11 is 0. The summed E-state index contributed by atoms with van der Waals surface area (Å²) in [7, 11) is 0.